The van der Waals surface area contributed by atoms with Crippen LogP contribution in [-0.2, 0) is 6.54 Å². The van der Waals surface area contributed by atoms with Crippen molar-refractivity contribution in [3.05, 3.63) is 34.9 Å². The van der Waals surface area contributed by atoms with Gasteiger partial charge < -0.3 is 15.7 Å². The van der Waals surface area contributed by atoms with Gasteiger partial charge in [0.2, 0.25) is 0 Å². The molecule has 0 spiro atoms. The minimum absolute atomic E-state index is 0.105. The number of nitrogens with zero attached hydrogens (tertiary/aromatic N) is 1. The lowest BCUT2D eigenvalue weighted by atomic mass is 10.0. The normalized spacial score (nSPS) is 10.8. The predicted molar refractivity (Wildman–Crippen MR) is 70.2 cm³/mol. The summed E-state index contributed by atoms with van der Waals surface area (Å²) in [5.74, 6) is 0.105. The van der Waals surface area contributed by atoms with Crippen molar-refractivity contribution in [3.8, 4) is 0 Å². The van der Waals surface area contributed by atoms with Gasteiger partial charge in [-0.05, 0) is 37.6 Å². The molecule has 1 rings (SSSR count). The first kappa shape index (κ1) is 13.7. The molecule has 0 amide bonds. The summed E-state index contributed by atoms with van der Waals surface area (Å²) in [5.41, 5.74) is 8.59. The van der Waals surface area contributed by atoms with Gasteiger partial charge in [0, 0.05) is 25.3 Å². The number of aliphatic hydroxyl groups is 1. The smallest absolute Gasteiger partial charge is 0.122 e. The Morgan fingerprint density at radius 3 is 2.71 bits per heavy atom. The summed E-state index contributed by atoms with van der Waals surface area (Å²) in [5, 5.41) is 16.1. The van der Waals surface area contributed by atoms with Gasteiger partial charge in [-0.1, -0.05) is 12.1 Å². The fourth-order valence-electron chi connectivity index (χ4n) is 1.75. The molecule has 0 atom stereocenters. The SMILES string of the molecule is Cc1cc(C(=N)N)ccc1CN(C)CCCO. The fraction of sp³-hybridized carbons (Fsp3) is 0.462. The van der Waals surface area contributed by atoms with E-state index in [-0.39, 0.29) is 12.4 Å². The predicted octanol–water partition coefficient (Wildman–Crippen LogP) is 1.09. The van der Waals surface area contributed by atoms with Crippen LogP contribution in [0.1, 0.15) is 23.1 Å². The quantitative estimate of drug-likeness (QED) is 0.510. The van der Waals surface area contributed by atoms with Gasteiger partial charge in [-0.2, -0.15) is 0 Å². The third-order valence-electron chi connectivity index (χ3n) is 2.79. The molecule has 0 saturated heterocycles. The van der Waals surface area contributed by atoms with Crippen molar-refractivity contribution in [2.24, 2.45) is 5.73 Å². The minimum atomic E-state index is 0.105. The first-order valence-corrected chi connectivity index (χ1v) is 5.78. The van der Waals surface area contributed by atoms with E-state index in [0.29, 0.717) is 0 Å². The van der Waals surface area contributed by atoms with Crippen LogP contribution in [0.15, 0.2) is 18.2 Å². The summed E-state index contributed by atoms with van der Waals surface area (Å²) in [6.45, 7) is 3.99. The van der Waals surface area contributed by atoms with Crippen molar-refractivity contribution in [2.45, 2.75) is 19.9 Å². The van der Waals surface area contributed by atoms with Gasteiger partial charge in [-0.3, -0.25) is 5.41 Å². The van der Waals surface area contributed by atoms with Gasteiger partial charge in [0.15, 0.2) is 0 Å². The van der Waals surface area contributed by atoms with Crippen molar-refractivity contribution in [2.75, 3.05) is 20.2 Å². The lowest BCUT2D eigenvalue weighted by Crippen LogP contribution is -2.20. The van der Waals surface area contributed by atoms with Crippen LogP contribution in [0.2, 0.25) is 0 Å². The van der Waals surface area contributed by atoms with Crippen LogP contribution >= 0.6 is 0 Å². The highest BCUT2D eigenvalue weighted by Crippen LogP contribution is 2.12. The zero-order valence-corrected chi connectivity index (χ0v) is 10.5. The topological polar surface area (TPSA) is 73.3 Å². The highest BCUT2D eigenvalue weighted by atomic mass is 16.3. The maximum Gasteiger partial charge on any atom is 0.122 e. The second kappa shape index (κ2) is 6.37. The van der Waals surface area contributed by atoms with E-state index in [0.717, 1.165) is 30.6 Å². The van der Waals surface area contributed by atoms with Crippen LogP contribution in [0.4, 0.5) is 0 Å². The Labute approximate surface area is 103 Å². The van der Waals surface area contributed by atoms with E-state index in [1.807, 2.05) is 32.2 Å². The molecule has 1 aromatic carbocycles. The molecule has 94 valence electrons. The number of hydrogen-bond donors (Lipinski definition) is 3. The van der Waals surface area contributed by atoms with E-state index < -0.39 is 0 Å². The van der Waals surface area contributed by atoms with E-state index >= 15 is 0 Å². The summed E-state index contributed by atoms with van der Waals surface area (Å²) < 4.78 is 0. The maximum absolute atomic E-state index is 8.77. The molecule has 0 unspecified atom stereocenters. The van der Waals surface area contributed by atoms with Crippen LogP contribution in [0.5, 0.6) is 0 Å². The van der Waals surface area contributed by atoms with E-state index in [4.69, 9.17) is 16.2 Å². The van der Waals surface area contributed by atoms with Gasteiger partial charge in [0.1, 0.15) is 5.84 Å². The molecule has 4 nitrogen and oxygen atoms in total. The van der Waals surface area contributed by atoms with Crippen LogP contribution in [0, 0.1) is 12.3 Å². The Morgan fingerprint density at radius 2 is 2.18 bits per heavy atom. The molecule has 0 heterocycles. The molecule has 0 aliphatic heterocycles. The van der Waals surface area contributed by atoms with Crippen LogP contribution in [-0.4, -0.2) is 36.0 Å². The summed E-state index contributed by atoms with van der Waals surface area (Å²) in [7, 11) is 2.04. The molecule has 0 aromatic heterocycles. The molecule has 0 saturated carbocycles. The first-order valence-electron chi connectivity index (χ1n) is 5.78. The van der Waals surface area contributed by atoms with Crippen molar-refractivity contribution < 1.29 is 5.11 Å². The Bertz CT molecular complexity index is 390. The summed E-state index contributed by atoms with van der Waals surface area (Å²) in [6, 6.07) is 5.84. The summed E-state index contributed by atoms with van der Waals surface area (Å²) >= 11 is 0. The monoisotopic (exact) mass is 235 g/mol. The van der Waals surface area contributed by atoms with Crippen LogP contribution in [0.25, 0.3) is 0 Å². The number of hydrogen-bond acceptors (Lipinski definition) is 3. The molecule has 17 heavy (non-hydrogen) atoms. The molecular formula is C13H21N3O. The average molecular weight is 235 g/mol. The number of nitrogens with one attached hydrogen (secondary N) is 1. The van der Waals surface area contributed by atoms with Gasteiger partial charge in [0.25, 0.3) is 0 Å². The molecule has 0 radical (unpaired) electrons. The largest absolute Gasteiger partial charge is 0.396 e. The number of rotatable bonds is 6. The summed E-state index contributed by atoms with van der Waals surface area (Å²) in [6.07, 6.45) is 0.793. The number of nitrogens with two attached hydrogens (primary N) is 1. The third kappa shape index (κ3) is 4.17. The van der Waals surface area contributed by atoms with E-state index in [1.165, 1.54) is 5.56 Å². The molecule has 0 fully saturated rings. The molecule has 0 aliphatic carbocycles. The van der Waals surface area contributed by atoms with Crippen LogP contribution < -0.4 is 5.73 Å². The molecule has 1 aromatic rings. The lowest BCUT2D eigenvalue weighted by Gasteiger charge is -2.17. The zero-order valence-electron chi connectivity index (χ0n) is 10.5. The Morgan fingerprint density at radius 1 is 1.47 bits per heavy atom. The third-order valence-corrected chi connectivity index (χ3v) is 2.79. The zero-order chi connectivity index (χ0) is 12.8. The lowest BCUT2D eigenvalue weighted by molar-refractivity contribution is 0.244. The highest BCUT2D eigenvalue weighted by molar-refractivity contribution is 5.95. The molecule has 0 aliphatic rings. The number of benzene rings is 1. The molecule has 4 heteroatoms. The van der Waals surface area contributed by atoms with Gasteiger partial charge in [-0.25, -0.2) is 0 Å². The summed E-state index contributed by atoms with van der Waals surface area (Å²) in [4.78, 5) is 2.17. The molecular weight excluding hydrogens is 214 g/mol. The number of amidine groups is 1. The van der Waals surface area contributed by atoms with Crippen molar-refractivity contribution in [1.82, 2.24) is 4.90 Å². The van der Waals surface area contributed by atoms with Gasteiger partial charge in [-0.15, -0.1) is 0 Å². The molecule has 0 bridgehead atoms. The fourth-order valence-corrected chi connectivity index (χ4v) is 1.75. The van der Waals surface area contributed by atoms with Crippen molar-refractivity contribution in [1.29, 1.82) is 5.41 Å². The van der Waals surface area contributed by atoms with Gasteiger partial charge in [0.05, 0.1) is 0 Å². The highest BCUT2D eigenvalue weighted by Gasteiger charge is 2.05. The number of aliphatic hydroxyl groups excluding tert-OH is 1. The second-order valence-electron chi connectivity index (χ2n) is 4.37. The number of aryl methyl sites for hydroxylation is 1. The Hall–Kier alpha value is -1.39. The van der Waals surface area contributed by atoms with E-state index in [1.54, 1.807) is 0 Å². The van der Waals surface area contributed by atoms with E-state index in [2.05, 4.69) is 4.90 Å². The average Bonchev–Trinajstić information content (AvgIpc) is 2.28. The van der Waals surface area contributed by atoms with Crippen LogP contribution in [0.3, 0.4) is 0 Å². The maximum atomic E-state index is 8.77. The molecule has 4 N–H and O–H groups in total. The van der Waals surface area contributed by atoms with Gasteiger partial charge >= 0.3 is 0 Å². The Kier molecular flexibility index (Phi) is 5.12. The first-order chi connectivity index (χ1) is 8.04. The minimum Gasteiger partial charge on any atom is -0.396 e. The van der Waals surface area contributed by atoms with Crippen molar-refractivity contribution in [3.63, 3.8) is 0 Å². The standard InChI is InChI=1S/C13H21N3O/c1-10-8-11(13(14)15)4-5-12(10)9-16(2)6-3-7-17/h4-5,8,17H,3,6-7,9H2,1-2H3,(H3,14,15). The van der Waals surface area contributed by atoms with E-state index in [9.17, 15) is 0 Å². The Balaban J connectivity index is 2.69. The van der Waals surface area contributed by atoms with Crippen molar-refractivity contribution >= 4 is 5.84 Å². The second-order valence-corrected chi connectivity index (χ2v) is 4.37. The number of nitrogen functional groups attached to an aromatic ring is 1.